The van der Waals surface area contributed by atoms with E-state index < -0.39 is 4.92 Å². The van der Waals surface area contributed by atoms with Crippen LogP contribution in [0.25, 0.3) is 10.9 Å². The zero-order valence-corrected chi connectivity index (χ0v) is 10.5. The molecule has 0 aliphatic carbocycles. The van der Waals surface area contributed by atoms with Crippen LogP contribution in [0.5, 0.6) is 0 Å². The zero-order valence-electron chi connectivity index (χ0n) is 10.5. The van der Waals surface area contributed by atoms with Gasteiger partial charge in [-0.2, -0.15) is 5.10 Å². The Hall–Kier alpha value is -2.89. The van der Waals surface area contributed by atoms with Crippen molar-refractivity contribution in [1.82, 2.24) is 10.2 Å². The Bertz CT molecular complexity index is 752. The van der Waals surface area contributed by atoms with Gasteiger partial charge in [0.1, 0.15) is 0 Å². The van der Waals surface area contributed by atoms with Crippen LogP contribution in [0, 0.1) is 10.1 Å². The smallest absolute Gasteiger partial charge is 0.270 e. The summed E-state index contributed by atoms with van der Waals surface area (Å²) in [6.07, 6.45) is 0. The van der Waals surface area contributed by atoms with E-state index in [1.807, 2.05) is 30.3 Å². The first kappa shape index (κ1) is 12.2. The Morgan fingerprint density at radius 3 is 2.75 bits per heavy atom. The molecule has 3 rings (SSSR count). The molecule has 0 saturated heterocycles. The van der Waals surface area contributed by atoms with Crippen LogP contribution < -0.4 is 5.32 Å². The minimum absolute atomic E-state index is 0.0571. The van der Waals surface area contributed by atoms with E-state index in [0.717, 1.165) is 16.5 Å². The quantitative estimate of drug-likeness (QED) is 0.562. The minimum atomic E-state index is -0.409. The monoisotopic (exact) mass is 268 g/mol. The van der Waals surface area contributed by atoms with Crippen molar-refractivity contribution >= 4 is 22.4 Å². The number of benzene rings is 2. The predicted molar refractivity (Wildman–Crippen MR) is 76.5 cm³/mol. The summed E-state index contributed by atoms with van der Waals surface area (Å²) in [5.41, 5.74) is 1.95. The van der Waals surface area contributed by atoms with Crippen molar-refractivity contribution in [3.05, 3.63) is 64.2 Å². The van der Waals surface area contributed by atoms with Crippen molar-refractivity contribution in [3.8, 4) is 0 Å². The van der Waals surface area contributed by atoms with E-state index in [2.05, 4.69) is 15.5 Å². The first-order valence-corrected chi connectivity index (χ1v) is 6.14. The number of aromatic nitrogens is 2. The average Bonchev–Trinajstić information content (AvgIpc) is 2.88. The second-order valence-electron chi connectivity index (χ2n) is 4.40. The number of nitrogens with one attached hydrogen (secondary N) is 2. The minimum Gasteiger partial charge on any atom is -0.364 e. The molecule has 0 radical (unpaired) electrons. The maximum absolute atomic E-state index is 10.8. The molecule has 0 atom stereocenters. The molecule has 0 unspecified atom stereocenters. The molecule has 20 heavy (non-hydrogen) atoms. The highest BCUT2D eigenvalue weighted by atomic mass is 16.6. The lowest BCUT2D eigenvalue weighted by molar-refractivity contribution is -0.384. The third-order valence-electron chi connectivity index (χ3n) is 3.06. The third kappa shape index (κ3) is 2.31. The van der Waals surface area contributed by atoms with Crippen LogP contribution in [0.1, 0.15) is 5.56 Å². The fourth-order valence-corrected chi connectivity index (χ4v) is 2.03. The van der Waals surface area contributed by atoms with Gasteiger partial charge in [-0.25, -0.2) is 0 Å². The summed E-state index contributed by atoms with van der Waals surface area (Å²) >= 11 is 0. The van der Waals surface area contributed by atoms with E-state index in [1.54, 1.807) is 6.07 Å². The molecule has 6 nitrogen and oxygen atoms in total. The maximum atomic E-state index is 10.8. The molecule has 6 heteroatoms. The second-order valence-corrected chi connectivity index (χ2v) is 4.40. The fraction of sp³-hybridized carbons (Fsp3) is 0.0714. The van der Waals surface area contributed by atoms with Crippen LogP contribution in [-0.4, -0.2) is 15.1 Å². The van der Waals surface area contributed by atoms with Gasteiger partial charge in [0, 0.05) is 18.7 Å². The van der Waals surface area contributed by atoms with Gasteiger partial charge in [0.2, 0.25) is 0 Å². The van der Waals surface area contributed by atoms with Crippen molar-refractivity contribution in [1.29, 1.82) is 0 Å². The van der Waals surface area contributed by atoms with Crippen molar-refractivity contribution in [3.63, 3.8) is 0 Å². The van der Waals surface area contributed by atoms with E-state index in [4.69, 9.17) is 0 Å². The van der Waals surface area contributed by atoms with E-state index in [9.17, 15) is 10.1 Å². The molecular weight excluding hydrogens is 256 g/mol. The van der Waals surface area contributed by atoms with Gasteiger partial charge < -0.3 is 5.32 Å². The molecule has 0 amide bonds. The number of nitro groups is 1. The molecule has 1 aromatic heterocycles. The lowest BCUT2D eigenvalue weighted by Crippen LogP contribution is -1.99. The highest BCUT2D eigenvalue weighted by Gasteiger charge is 2.11. The van der Waals surface area contributed by atoms with Crippen molar-refractivity contribution in [2.75, 3.05) is 5.32 Å². The number of aromatic amines is 1. The Morgan fingerprint density at radius 1 is 1.20 bits per heavy atom. The highest BCUT2D eigenvalue weighted by molar-refractivity contribution is 5.91. The van der Waals surface area contributed by atoms with Gasteiger partial charge in [-0.15, -0.1) is 0 Å². The summed E-state index contributed by atoms with van der Waals surface area (Å²) < 4.78 is 0. The van der Waals surface area contributed by atoms with Crippen LogP contribution in [0.2, 0.25) is 0 Å². The van der Waals surface area contributed by atoms with Gasteiger partial charge in [-0.3, -0.25) is 15.2 Å². The largest absolute Gasteiger partial charge is 0.364 e. The average molecular weight is 268 g/mol. The summed E-state index contributed by atoms with van der Waals surface area (Å²) in [6.45, 7) is 0.615. The summed E-state index contributed by atoms with van der Waals surface area (Å²) in [7, 11) is 0. The third-order valence-corrected chi connectivity index (χ3v) is 3.06. The number of nitro benzene ring substituents is 1. The molecule has 2 aromatic carbocycles. The van der Waals surface area contributed by atoms with Gasteiger partial charge in [0.15, 0.2) is 5.82 Å². The molecule has 0 fully saturated rings. The molecule has 0 saturated carbocycles. The van der Waals surface area contributed by atoms with Crippen LogP contribution in [0.4, 0.5) is 11.5 Å². The van der Waals surface area contributed by atoms with E-state index >= 15 is 0 Å². The zero-order chi connectivity index (χ0) is 13.9. The number of nitrogens with zero attached hydrogens (tertiary/aromatic N) is 2. The molecule has 0 aliphatic rings. The van der Waals surface area contributed by atoms with Gasteiger partial charge >= 0.3 is 0 Å². The Morgan fingerprint density at radius 2 is 2.00 bits per heavy atom. The standard InChI is InChI=1S/C14H12N4O2/c19-18(20)11-6-7-13-12(8-11)14(17-16-13)15-9-10-4-2-1-3-5-10/h1-8H,9H2,(H2,15,16,17). The molecule has 1 heterocycles. The molecular formula is C14H12N4O2. The van der Waals surface area contributed by atoms with Crippen molar-refractivity contribution in [2.45, 2.75) is 6.54 Å². The Balaban J connectivity index is 1.88. The lowest BCUT2D eigenvalue weighted by atomic mass is 10.2. The van der Waals surface area contributed by atoms with Crippen molar-refractivity contribution in [2.24, 2.45) is 0 Å². The summed E-state index contributed by atoms with van der Waals surface area (Å²) in [6, 6.07) is 14.5. The lowest BCUT2D eigenvalue weighted by Gasteiger charge is -2.03. The topological polar surface area (TPSA) is 83.8 Å². The van der Waals surface area contributed by atoms with E-state index in [1.165, 1.54) is 12.1 Å². The Labute approximate surface area is 114 Å². The normalized spacial score (nSPS) is 10.6. The summed E-state index contributed by atoms with van der Waals surface area (Å²) in [4.78, 5) is 10.4. The fourth-order valence-electron chi connectivity index (χ4n) is 2.03. The number of non-ortho nitro benzene ring substituents is 1. The molecule has 2 N–H and O–H groups in total. The first-order chi connectivity index (χ1) is 9.74. The van der Waals surface area contributed by atoms with Crippen LogP contribution in [0.3, 0.4) is 0 Å². The first-order valence-electron chi connectivity index (χ1n) is 6.14. The van der Waals surface area contributed by atoms with Crippen molar-refractivity contribution < 1.29 is 4.92 Å². The van der Waals surface area contributed by atoms with Crippen LogP contribution in [-0.2, 0) is 6.54 Å². The number of hydrogen-bond donors (Lipinski definition) is 2. The van der Waals surface area contributed by atoms with E-state index in [-0.39, 0.29) is 5.69 Å². The van der Waals surface area contributed by atoms with E-state index in [0.29, 0.717) is 12.4 Å². The molecule has 0 bridgehead atoms. The number of anilines is 1. The molecule has 3 aromatic rings. The summed E-state index contributed by atoms with van der Waals surface area (Å²) in [5, 5.41) is 21.7. The molecule has 100 valence electrons. The number of fused-ring (bicyclic) bond motifs is 1. The predicted octanol–water partition coefficient (Wildman–Crippen LogP) is 3.08. The summed E-state index contributed by atoms with van der Waals surface area (Å²) in [5.74, 6) is 0.618. The van der Waals surface area contributed by atoms with Gasteiger partial charge in [0.25, 0.3) is 5.69 Å². The molecule has 0 aliphatic heterocycles. The highest BCUT2D eigenvalue weighted by Crippen LogP contribution is 2.25. The number of hydrogen-bond acceptors (Lipinski definition) is 4. The number of rotatable bonds is 4. The Kier molecular flexibility index (Phi) is 3.04. The maximum Gasteiger partial charge on any atom is 0.270 e. The van der Waals surface area contributed by atoms with Gasteiger partial charge in [0.05, 0.1) is 15.8 Å². The molecule has 0 spiro atoms. The van der Waals surface area contributed by atoms with Crippen LogP contribution >= 0.6 is 0 Å². The second kappa shape index (κ2) is 5.00. The SMILES string of the molecule is O=[N+]([O-])c1ccc2[nH]nc(NCc3ccccc3)c2c1. The van der Waals surface area contributed by atoms with Gasteiger partial charge in [-0.05, 0) is 11.6 Å². The van der Waals surface area contributed by atoms with Gasteiger partial charge in [-0.1, -0.05) is 30.3 Å². The number of H-pyrrole nitrogens is 1. The van der Waals surface area contributed by atoms with Crippen LogP contribution in [0.15, 0.2) is 48.5 Å².